The van der Waals surface area contributed by atoms with E-state index in [0.29, 0.717) is 0 Å². The molecule has 0 spiro atoms. The van der Waals surface area contributed by atoms with Gasteiger partial charge in [-0.3, -0.25) is 19.7 Å². The first-order valence-corrected chi connectivity index (χ1v) is 6.49. The second-order valence-electron chi connectivity index (χ2n) is 4.52. The van der Waals surface area contributed by atoms with Crippen LogP contribution in [0, 0.1) is 10.1 Å². The van der Waals surface area contributed by atoms with Crippen molar-refractivity contribution >= 4 is 17.6 Å². The monoisotopic (exact) mass is 323 g/mol. The van der Waals surface area contributed by atoms with Crippen LogP contribution in [0.4, 0.5) is 5.69 Å². The van der Waals surface area contributed by atoms with E-state index in [1.807, 2.05) is 0 Å². The molecule has 1 aromatic rings. The summed E-state index contributed by atoms with van der Waals surface area (Å²) in [7, 11) is 3.51. The lowest BCUT2D eigenvalue weighted by molar-refractivity contribution is -0.386. The Hall–Kier alpha value is -2.90. The molecule has 0 amide bonds. The van der Waals surface area contributed by atoms with Crippen LogP contribution >= 0.6 is 0 Å². The van der Waals surface area contributed by atoms with Crippen LogP contribution in [0.2, 0.25) is 0 Å². The molecule has 8 nitrogen and oxygen atoms in total. The van der Waals surface area contributed by atoms with Gasteiger partial charge in [-0.1, -0.05) is 6.08 Å². The van der Waals surface area contributed by atoms with Crippen LogP contribution in [0.5, 0.6) is 5.75 Å². The molecule has 0 atom stereocenters. The zero-order valence-corrected chi connectivity index (χ0v) is 13.0. The molecule has 0 unspecified atom stereocenters. The van der Waals surface area contributed by atoms with Gasteiger partial charge in [0.2, 0.25) is 0 Å². The zero-order valence-electron chi connectivity index (χ0n) is 13.0. The van der Waals surface area contributed by atoms with E-state index in [9.17, 15) is 19.7 Å². The molecule has 0 N–H and O–H groups in total. The third kappa shape index (κ3) is 3.15. The van der Waals surface area contributed by atoms with E-state index in [2.05, 4.69) is 6.58 Å². The molecule has 0 saturated heterocycles. The molecular formula is C15H17NO7. The van der Waals surface area contributed by atoms with Gasteiger partial charge in [0.25, 0.3) is 5.69 Å². The maximum Gasteiger partial charge on any atom is 0.328 e. The van der Waals surface area contributed by atoms with Gasteiger partial charge in [-0.25, -0.2) is 0 Å². The standard InChI is InChI=1S/C15H17NO7/c1-5-8-15(13(17)22-3,14(18)23-4)11-9-10(21-2)6-7-12(11)16(19)20/h5-7,9H,1,8H2,2-4H3. The minimum atomic E-state index is -2.04. The van der Waals surface area contributed by atoms with E-state index in [0.717, 1.165) is 20.3 Å². The first-order valence-electron chi connectivity index (χ1n) is 6.49. The summed E-state index contributed by atoms with van der Waals surface area (Å²) in [6, 6.07) is 3.75. The lowest BCUT2D eigenvalue weighted by atomic mass is 9.76. The number of carbonyl (C=O) groups excluding carboxylic acids is 2. The van der Waals surface area contributed by atoms with Gasteiger partial charge < -0.3 is 14.2 Å². The number of rotatable bonds is 7. The average Bonchev–Trinajstić information content (AvgIpc) is 2.57. The Bertz CT molecular complexity index is 623. The van der Waals surface area contributed by atoms with Crippen LogP contribution < -0.4 is 4.74 Å². The first-order chi connectivity index (χ1) is 10.9. The Morgan fingerprint density at radius 2 is 1.83 bits per heavy atom. The predicted octanol–water partition coefficient (Wildman–Crippen LogP) is 1.76. The number of nitrogens with zero attached hydrogens (tertiary/aromatic N) is 1. The van der Waals surface area contributed by atoms with Crippen LogP contribution in [0.1, 0.15) is 12.0 Å². The highest BCUT2D eigenvalue weighted by Gasteiger charge is 2.52. The van der Waals surface area contributed by atoms with Crippen molar-refractivity contribution in [3.63, 3.8) is 0 Å². The summed E-state index contributed by atoms with van der Waals surface area (Å²) in [6.07, 6.45) is 1.05. The summed E-state index contributed by atoms with van der Waals surface area (Å²) in [5, 5.41) is 11.3. The highest BCUT2D eigenvalue weighted by atomic mass is 16.6. The molecule has 23 heavy (non-hydrogen) atoms. The Balaban J connectivity index is 3.83. The topological polar surface area (TPSA) is 105 Å². The maximum atomic E-state index is 12.4. The number of carbonyl (C=O) groups is 2. The van der Waals surface area contributed by atoms with E-state index >= 15 is 0 Å². The lowest BCUT2D eigenvalue weighted by Crippen LogP contribution is -2.45. The van der Waals surface area contributed by atoms with Crippen molar-refractivity contribution in [3.05, 3.63) is 46.5 Å². The fourth-order valence-corrected chi connectivity index (χ4v) is 2.29. The number of allylic oxidation sites excluding steroid dienone is 1. The molecule has 0 aliphatic rings. The highest BCUT2D eigenvalue weighted by Crippen LogP contribution is 2.39. The molecule has 0 aromatic heterocycles. The summed E-state index contributed by atoms with van der Waals surface area (Å²) < 4.78 is 14.4. The van der Waals surface area contributed by atoms with Crippen LogP contribution in [0.3, 0.4) is 0 Å². The molecule has 0 aliphatic heterocycles. The Kier molecular flexibility index (Phi) is 5.83. The Labute approximate surface area is 132 Å². The molecule has 0 aliphatic carbocycles. The third-order valence-corrected chi connectivity index (χ3v) is 3.38. The number of hydrogen-bond donors (Lipinski definition) is 0. The van der Waals surface area contributed by atoms with Crippen LogP contribution in [0.25, 0.3) is 0 Å². The SMILES string of the molecule is C=CCC(C(=O)OC)(C(=O)OC)c1cc(OC)ccc1[N+](=O)[O-]. The molecule has 1 aromatic carbocycles. The molecule has 1 rings (SSSR count). The number of ether oxygens (including phenoxy) is 3. The van der Waals surface area contributed by atoms with E-state index in [4.69, 9.17) is 14.2 Å². The van der Waals surface area contributed by atoms with Gasteiger partial charge in [-0.15, -0.1) is 6.58 Å². The fraction of sp³-hybridized carbons (Fsp3) is 0.333. The minimum Gasteiger partial charge on any atom is -0.497 e. The van der Waals surface area contributed by atoms with Gasteiger partial charge in [0, 0.05) is 6.07 Å². The Morgan fingerprint density at radius 3 is 2.22 bits per heavy atom. The molecule has 0 heterocycles. The molecule has 8 heteroatoms. The number of hydrogen-bond acceptors (Lipinski definition) is 7. The molecule has 0 saturated carbocycles. The van der Waals surface area contributed by atoms with E-state index in [-0.39, 0.29) is 17.7 Å². The second-order valence-corrected chi connectivity index (χ2v) is 4.52. The molecule has 0 bridgehead atoms. The maximum absolute atomic E-state index is 12.4. The minimum absolute atomic E-state index is 0.180. The fourth-order valence-electron chi connectivity index (χ4n) is 2.29. The smallest absolute Gasteiger partial charge is 0.328 e. The largest absolute Gasteiger partial charge is 0.497 e. The van der Waals surface area contributed by atoms with Gasteiger partial charge in [0.1, 0.15) is 5.75 Å². The van der Waals surface area contributed by atoms with E-state index in [1.165, 1.54) is 25.3 Å². The van der Waals surface area contributed by atoms with Crippen molar-refractivity contribution in [2.24, 2.45) is 0 Å². The second kappa shape index (κ2) is 7.39. The summed E-state index contributed by atoms with van der Waals surface area (Å²) in [6.45, 7) is 3.50. The Morgan fingerprint density at radius 1 is 1.26 bits per heavy atom. The third-order valence-electron chi connectivity index (χ3n) is 3.38. The highest BCUT2D eigenvalue weighted by molar-refractivity contribution is 6.07. The van der Waals surface area contributed by atoms with Gasteiger partial charge in [-0.05, 0) is 18.6 Å². The number of esters is 2. The number of methoxy groups -OCH3 is 3. The van der Waals surface area contributed by atoms with E-state index in [1.54, 1.807) is 0 Å². The van der Waals surface area contributed by atoms with Crippen molar-refractivity contribution in [1.82, 2.24) is 0 Å². The van der Waals surface area contributed by atoms with Crippen LogP contribution in [-0.2, 0) is 24.5 Å². The van der Waals surface area contributed by atoms with Crippen molar-refractivity contribution in [1.29, 1.82) is 0 Å². The summed E-state index contributed by atoms with van der Waals surface area (Å²) in [5.41, 5.74) is -2.65. The molecule has 0 fully saturated rings. The molecule has 0 radical (unpaired) electrons. The molecule has 124 valence electrons. The summed E-state index contributed by atoms with van der Waals surface area (Å²) >= 11 is 0. The number of nitro benzene ring substituents is 1. The quantitative estimate of drug-likeness (QED) is 0.247. The van der Waals surface area contributed by atoms with E-state index < -0.39 is 28.0 Å². The summed E-state index contributed by atoms with van der Waals surface area (Å²) in [5.74, 6) is -1.73. The number of benzene rings is 1. The van der Waals surface area contributed by atoms with Crippen molar-refractivity contribution in [2.75, 3.05) is 21.3 Å². The first kappa shape index (κ1) is 18.1. The van der Waals surface area contributed by atoms with Crippen molar-refractivity contribution < 1.29 is 28.7 Å². The summed E-state index contributed by atoms with van der Waals surface area (Å²) in [4.78, 5) is 35.4. The zero-order chi connectivity index (χ0) is 17.6. The lowest BCUT2D eigenvalue weighted by Gasteiger charge is -2.27. The number of nitro groups is 1. The average molecular weight is 323 g/mol. The van der Waals surface area contributed by atoms with Crippen molar-refractivity contribution in [3.8, 4) is 5.75 Å². The van der Waals surface area contributed by atoms with Crippen LogP contribution in [-0.4, -0.2) is 38.2 Å². The van der Waals surface area contributed by atoms with Gasteiger partial charge >= 0.3 is 11.9 Å². The van der Waals surface area contributed by atoms with Gasteiger partial charge in [-0.2, -0.15) is 0 Å². The normalized spacial score (nSPS) is 10.6. The van der Waals surface area contributed by atoms with Gasteiger partial charge in [0.15, 0.2) is 5.41 Å². The van der Waals surface area contributed by atoms with Crippen LogP contribution in [0.15, 0.2) is 30.9 Å². The molecular weight excluding hydrogens is 306 g/mol. The predicted molar refractivity (Wildman–Crippen MR) is 80.2 cm³/mol. The van der Waals surface area contributed by atoms with Gasteiger partial charge in [0.05, 0.1) is 31.8 Å². The van der Waals surface area contributed by atoms with Crippen molar-refractivity contribution in [2.45, 2.75) is 11.8 Å².